The number of rotatable bonds is 7. The molecular weight excluding hydrogens is 374 g/mol. The molecule has 2 rings (SSSR count). The molecular formula is C16H17F4N3O2S. The molecule has 0 atom stereocenters. The maximum Gasteiger partial charge on any atom is 0.253 e. The molecule has 0 aliphatic carbocycles. The first-order valence-electron chi connectivity index (χ1n) is 7.60. The van der Waals surface area contributed by atoms with Gasteiger partial charge in [-0.3, -0.25) is 0 Å². The summed E-state index contributed by atoms with van der Waals surface area (Å²) in [5.74, 6) is -6.95. The molecule has 5 nitrogen and oxygen atoms in total. The van der Waals surface area contributed by atoms with Gasteiger partial charge in [0.2, 0.25) is 21.7 Å². The molecule has 26 heavy (non-hydrogen) atoms. The number of halogens is 4. The van der Waals surface area contributed by atoms with Crippen molar-refractivity contribution >= 4 is 15.7 Å². The lowest BCUT2D eigenvalue weighted by atomic mass is 10.1. The van der Waals surface area contributed by atoms with Gasteiger partial charge in [0.15, 0.2) is 0 Å². The van der Waals surface area contributed by atoms with E-state index < -0.39 is 39.2 Å². The summed E-state index contributed by atoms with van der Waals surface area (Å²) in [6, 6.07) is 5.93. The Balaban J connectivity index is 2.07. The summed E-state index contributed by atoms with van der Waals surface area (Å²) in [5, 5.41) is 2.27. The highest BCUT2D eigenvalue weighted by Gasteiger charge is 2.20. The van der Waals surface area contributed by atoms with Gasteiger partial charge in [-0.1, -0.05) is 24.3 Å². The fraction of sp³-hybridized carbons (Fsp3) is 0.312. The van der Waals surface area contributed by atoms with E-state index in [9.17, 15) is 26.0 Å². The van der Waals surface area contributed by atoms with Gasteiger partial charge in [-0.25, -0.2) is 13.1 Å². The SMILES string of the molecule is CC(C)NS(=O)(=O)Cc1ccc(CNc2c(F)c(F)nc(F)c2F)cc1. The van der Waals surface area contributed by atoms with Crippen LogP contribution < -0.4 is 10.0 Å². The van der Waals surface area contributed by atoms with Crippen LogP contribution in [-0.2, 0) is 22.3 Å². The van der Waals surface area contributed by atoms with Crippen molar-refractivity contribution in [2.24, 2.45) is 0 Å². The Labute approximate surface area is 148 Å². The van der Waals surface area contributed by atoms with Crippen molar-refractivity contribution in [3.8, 4) is 0 Å². The van der Waals surface area contributed by atoms with E-state index in [0.717, 1.165) is 0 Å². The summed E-state index contributed by atoms with van der Waals surface area (Å²) >= 11 is 0. The third-order valence-electron chi connectivity index (χ3n) is 3.26. The highest BCUT2D eigenvalue weighted by atomic mass is 32.2. The standard InChI is InChI=1S/C16H17F4N3O2S/c1-9(2)23-26(24,25)8-11-5-3-10(4-6-11)7-21-14-12(17)15(19)22-16(20)13(14)18/h3-6,9,23H,7-8H2,1-2H3,(H,21,22). The number of anilines is 1. The molecule has 0 fully saturated rings. The molecule has 2 N–H and O–H groups in total. The average Bonchev–Trinajstić information content (AvgIpc) is 2.53. The van der Waals surface area contributed by atoms with Gasteiger partial charge < -0.3 is 5.32 Å². The number of sulfonamides is 1. The van der Waals surface area contributed by atoms with Crippen LogP contribution in [0.1, 0.15) is 25.0 Å². The summed E-state index contributed by atoms with van der Waals surface area (Å²) in [5.41, 5.74) is 0.0856. The van der Waals surface area contributed by atoms with Gasteiger partial charge in [-0.05, 0) is 25.0 Å². The van der Waals surface area contributed by atoms with E-state index in [2.05, 4.69) is 15.0 Å². The first kappa shape index (κ1) is 20.1. The zero-order chi connectivity index (χ0) is 19.5. The van der Waals surface area contributed by atoms with Crippen molar-refractivity contribution in [3.63, 3.8) is 0 Å². The molecule has 1 heterocycles. The van der Waals surface area contributed by atoms with Crippen molar-refractivity contribution in [1.29, 1.82) is 0 Å². The largest absolute Gasteiger partial charge is 0.376 e. The van der Waals surface area contributed by atoms with Crippen molar-refractivity contribution in [3.05, 3.63) is 58.9 Å². The Morgan fingerprint density at radius 2 is 1.46 bits per heavy atom. The van der Waals surface area contributed by atoms with E-state index in [1.807, 2.05) is 0 Å². The summed E-state index contributed by atoms with van der Waals surface area (Å²) in [6.07, 6.45) is 0. The molecule has 0 unspecified atom stereocenters. The molecule has 0 saturated carbocycles. The van der Waals surface area contributed by atoms with E-state index in [1.54, 1.807) is 13.8 Å². The first-order valence-corrected chi connectivity index (χ1v) is 9.26. The topological polar surface area (TPSA) is 71.1 Å². The van der Waals surface area contributed by atoms with E-state index >= 15 is 0 Å². The molecule has 142 valence electrons. The molecule has 2 aromatic rings. The lowest BCUT2D eigenvalue weighted by Gasteiger charge is -2.11. The van der Waals surface area contributed by atoms with Gasteiger partial charge in [0.1, 0.15) is 5.69 Å². The number of benzene rings is 1. The van der Waals surface area contributed by atoms with Crippen LogP contribution >= 0.6 is 0 Å². The lowest BCUT2D eigenvalue weighted by molar-refractivity contribution is 0.410. The summed E-state index contributed by atoms with van der Waals surface area (Å²) < 4.78 is 79.3. The van der Waals surface area contributed by atoms with Crippen molar-refractivity contribution in [2.75, 3.05) is 5.32 Å². The number of hydrogen-bond acceptors (Lipinski definition) is 4. The molecule has 0 aliphatic rings. The second-order valence-corrected chi connectivity index (χ2v) is 7.65. The van der Waals surface area contributed by atoms with Crippen LogP contribution in [0, 0.1) is 23.5 Å². The summed E-state index contributed by atoms with van der Waals surface area (Å²) in [6.45, 7) is 3.28. The second kappa shape index (κ2) is 8.00. The van der Waals surface area contributed by atoms with Crippen molar-refractivity contribution in [2.45, 2.75) is 32.2 Å². The van der Waals surface area contributed by atoms with Crippen LogP contribution in [0.25, 0.3) is 0 Å². The minimum absolute atomic E-state index is 0.131. The highest BCUT2D eigenvalue weighted by Crippen LogP contribution is 2.22. The Kier molecular flexibility index (Phi) is 6.19. The predicted octanol–water partition coefficient (Wildman–Crippen LogP) is 3.08. The monoisotopic (exact) mass is 391 g/mol. The molecule has 10 heteroatoms. The Morgan fingerprint density at radius 1 is 0.962 bits per heavy atom. The van der Waals surface area contributed by atoms with Gasteiger partial charge in [0.05, 0.1) is 5.75 Å². The number of aromatic nitrogens is 1. The maximum atomic E-state index is 13.5. The molecule has 0 radical (unpaired) electrons. The zero-order valence-electron chi connectivity index (χ0n) is 14.0. The van der Waals surface area contributed by atoms with E-state index in [1.165, 1.54) is 24.3 Å². The molecule has 1 aromatic carbocycles. The van der Waals surface area contributed by atoms with Crippen molar-refractivity contribution in [1.82, 2.24) is 9.71 Å². The van der Waals surface area contributed by atoms with Gasteiger partial charge >= 0.3 is 0 Å². The number of nitrogens with one attached hydrogen (secondary N) is 2. The average molecular weight is 391 g/mol. The smallest absolute Gasteiger partial charge is 0.253 e. The van der Waals surface area contributed by atoms with Gasteiger partial charge in [0.25, 0.3) is 11.9 Å². The first-order chi connectivity index (χ1) is 12.1. The summed E-state index contributed by atoms with van der Waals surface area (Å²) in [4.78, 5) is 2.47. The highest BCUT2D eigenvalue weighted by molar-refractivity contribution is 7.88. The maximum absolute atomic E-state index is 13.5. The zero-order valence-corrected chi connectivity index (χ0v) is 14.8. The summed E-state index contributed by atoms with van der Waals surface area (Å²) in [7, 11) is -3.48. The molecule has 0 amide bonds. The van der Waals surface area contributed by atoms with Crippen LogP contribution in [0.3, 0.4) is 0 Å². The van der Waals surface area contributed by atoms with Crippen molar-refractivity contribution < 1.29 is 26.0 Å². The number of nitrogens with zero attached hydrogens (tertiary/aromatic N) is 1. The Bertz CT molecular complexity index is 861. The van der Waals surface area contributed by atoms with Gasteiger partial charge in [-0.2, -0.15) is 22.5 Å². The quantitative estimate of drug-likeness (QED) is 0.562. The third-order valence-corrected chi connectivity index (χ3v) is 4.81. The van der Waals surface area contributed by atoms with Crippen LogP contribution in [0.4, 0.5) is 23.2 Å². The fourth-order valence-corrected chi connectivity index (χ4v) is 3.64. The third kappa shape index (κ3) is 5.15. The van der Waals surface area contributed by atoms with Gasteiger partial charge in [0, 0.05) is 12.6 Å². The molecule has 0 saturated heterocycles. The molecule has 0 spiro atoms. The fourth-order valence-electron chi connectivity index (χ4n) is 2.21. The Morgan fingerprint density at radius 3 is 1.96 bits per heavy atom. The van der Waals surface area contributed by atoms with Crippen LogP contribution in [-0.4, -0.2) is 19.4 Å². The minimum Gasteiger partial charge on any atom is -0.376 e. The molecule has 1 aromatic heterocycles. The molecule has 0 bridgehead atoms. The number of pyridine rings is 1. The Hall–Kier alpha value is -2.20. The van der Waals surface area contributed by atoms with Crippen LogP contribution in [0.5, 0.6) is 0 Å². The molecule has 0 aliphatic heterocycles. The van der Waals surface area contributed by atoms with Crippen LogP contribution in [0.15, 0.2) is 24.3 Å². The predicted molar refractivity (Wildman–Crippen MR) is 88.7 cm³/mol. The minimum atomic E-state index is -3.48. The second-order valence-electron chi connectivity index (χ2n) is 5.90. The lowest BCUT2D eigenvalue weighted by Crippen LogP contribution is -2.31. The number of hydrogen-bond donors (Lipinski definition) is 2. The van der Waals surface area contributed by atoms with Crippen LogP contribution in [0.2, 0.25) is 0 Å². The van der Waals surface area contributed by atoms with E-state index in [-0.39, 0.29) is 18.3 Å². The van der Waals surface area contributed by atoms with E-state index in [0.29, 0.717) is 11.1 Å². The normalized spacial score (nSPS) is 11.8. The van der Waals surface area contributed by atoms with E-state index in [4.69, 9.17) is 0 Å². The van der Waals surface area contributed by atoms with Gasteiger partial charge in [-0.15, -0.1) is 0 Å².